The van der Waals surface area contributed by atoms with Gasteiger partial charge in [-0.15, -0.1) is 0 Å². The lowest BCUT2D eigenvalue weighted by atomic mass is 10.0. The van der Waals surface area contributed by atoms with Crippen molar-refractivity contribution in [2.24, 2.45) is 0 Å². The maximum atomic E-state index is 13.8. The van der Waals surface area contributed by atoms with Crippen molar-refractivity contribution in [3.8, 4) is 11.1 Å². The van der Waals surface area contributed by atoms with Crippen LogP contribution in [0.3, 0.4) is 0 Å². The first kappa shape index (κ1) is 16.1. The van der Waals surface area contributed by atoms with Crippen LogP contribution in [0.4, 0.5) is 4.39 Å². The Labute approximate surface area is 127 Å². The summed E-state index contributed by atoms with van der Waals surface area (Å²) in [5, 5.41) is 8.84. The lowest BCUT2D eigenvalue weighted by Gasteiger charge is -2.15. The van der Waals surface area contributed by atoms with Gasteiger partial charge in [0.2, 0.25) is 10.0 Å². The third-order valence-electron chi connectivity index (χ3n) is 3.16. The zero-order valence-electron chi connectivity index (χ0n) is 11.9. The summed E-state index contributed by atoms with van der Waals surface area (Å²) in [5.74, 6) is -2.29. The Hall–Kier alpha value is -2.25. The molecule has 2 rings (SSSR count). The van der Waals surface area contributed by atoms with Crippen molar-refractivity contribution in [1.29, 1.82) is 0 Å². The third kappa shape index (κ3) is 2.86. The van der Waals surface area contributed by atoms with Gasteiger partial charge in [0.1, 0.15) is 5.82 Å². The Morgan fingerprint density at radius 3 is 2.32 bits per heavy atom. The highest BCUT2D eigenvalue weighted by Crippen LogP contribution is 2.29. The number of carbonyl (C=O) groups is 1. The topological polar surface area (TPSA) is 74.7 Å². The molecule has 0 radical (unpaired) electrons. The minimum Gasteiger partial charge on any atom is -0.478 e. The Balaban J connectivity index is 2.65. The number of nitrogens with zero attached hydrogens (tertiary/aromatic N) is 1. The first-order chi connectivity index (χ1) is 10.2. The first-order valence-corrected chi connectivity index (χ1v) is 7.74. The van der Waals surface area contributed by atoms with Crippen LogP contribution < -0.4 is 0 Å². The predicted octanol–water partition coefficient (Wildman–Crippen LogP) is 2.44. The summed E-state index contributed by atoms with van der Waals surface area (Å²) in [6.45, 7) is 0. The molecular formula is C15H14FNO4S. The molecule has 0 heterocycles. The molecule has 1 N–H and O–H groups in total. The largest absolute Gasteiger partial charge is 0.478 e. The zero-order chi connectivity index (χ0) is 16.5. The SMILES string of the molecule is CN(C)S(=O)(=O)c1ccccc1-c1ccc(C(=O)O)c(F)c1. The van der Waals surface area contributed by atoms with Gasteiger partial charge >= 0.3 is 5.97 Å². The third-order valence-corrected chi connectivity index (χ3v) is 5.03. The minimum absolute atomic E-state index is 0.0301. The molecule has 0 aliphatic rings. The fourth-order valence-corrected chi connectivity index (χ4v) is 3.09. The van der Waals surface area contributed by atoms with E-state index in [0.29, 0.717) is 11.1 Å². The van der Waals surface area contributed by atoms with Crippen LogP contribution in [0.5, 0.6) is 0 Å². The van der Waals surface area contributed by atoms with Gasteiger partial charge in [-0.25, -0.2) is 21.9 Å². The highest BCUT2D eigenvalue weighted by Gasteiger charge is 2.22. The summed E-state index contributed by atoms with van der Waals surface area (Å²) < 4.78 is 39.5. The molecular weight excluding hydrogens is 309 g/mol. The standard InChI is InChI=1S/C15H14FNO4S/c1-17(2)22(20,21)14-6-4-3-5-11(14)10-7-8-12(15(18)19)13(16)9-10/h3-9H,1-2H3,(H,18,19). The van der Waals surface area contributed by atoms with Gasteiger partial charge in [-0.2, -0.15) is 0 Å². The lowest BCUT2D eigenvalue weighted by molar-refractivity contribution is 0.0692. The smallest absolute Gasteiger partial charge is 0.338 e. The molecule has 0 aliphatic carbocycles. The number of carboxylic acids is 1. The van der Waals surface area contributed by atoms with Gasteiger partial charge in [0.15, 0.2) is 0 Å². The Morgan fingerprint density at radius 1 is 1.14 bits per heavy atom. The first-order valence-electron chi connectivity index (χ1n) is 6.30. The molecule has 2 aromatic carbocycles. The van der Waals surface area contributed by atoms with Crippen LogP contribution in [0.15, 0.2) is 47.4 Å². The fourth-order valence-electron chi connectivity index (χ4n) is 1.98. The van der Waals surface area contributed by atoms with Gasteiger partial charge in [0, 0.05) is 19.7 Å². The van der Waals surface area contributed by atoms with E-state index in [1.807, 2.05) is 0 Å². The van der Waals surface area contributed by atoms with Crippen LogP contribution in [-0.4, -0.2) is 37.9 Å². The number of sulfonamides is 1. The molecule has 7 heteroatoms. The minimum atomic E-state index is -3.70. The number of benzene rings is 2. The van der Waals surface area contributed by atoms with E-state index >= 15 is 0 Å². The van der Waals surface area contributed by atoms with Crippen LogP contribution >= 0.6 is 0 Å². The van der Waals surface area contributed by atoms with Crippen molar-refractivity contribution >= 4 is 16.0 Å². The number of hydrogen-bond donors (Lipinski definition) is 1. The van der Waals surface area contributed by atoms with Crippen molar-refractivity contribution in [1.82, 2.24) is 4.31 Å². The van der Waals surface area contributed by atoms with Crippen molar-refractivity contribution in [2.75, 3.05) is 14.1 Å². The predicted molar refractivity (Wildman–Crippen MR) is 79.7 cm³/mol. The van der Waals surface area contributed by atoms with Crippen molar-refractivity contribution in [3.05, 3.63) is 53.8 Å². The maximum absolute atomic E-state index is 13.8. The Kier molecular flexibility index (Phi) is 4.30. The summed E-state index contributed by atoms with van der Waals surface area (Å²) in [6.07, 6.45) is 0. The molecule has 0 atom stereocenters. The monoisotopic (exact) mass is 323 g/mol. The summed E-state index contributed by atoms with van der Waals surface area (Å²) in [6, 6.07) is 9.70. The lowest BCUT2D eigenvalue weighted by Crippen LogP contribution is -2.22. The second-order valence-electron chi connectivity index (χ2n) is 4.78. The molecule has 2 aromatic rings. The van der Waals surface area contributed by atoms with Gasteiger partial charge in [0.05, 0.1) is 10.5 Å². The summed E-state index contributed by atoms with van der Waals surface area (Å²) in [4.78, 5) is 10.9. The van der Waals surface area contributed by atoms with Crippen LogP contribution in [-0.2, 0) is 10.0 Å². The Bertz CT molecular complexity index is 831. The average Bonchev–Trinajstić information content (AvgIpc) is 2.46. The van der Waals surface area contributed by atoms with Crippen LogP contribution in [0.25, 0.3) is 11.1 Å². The van der Waals surface area contributed by atoms with E-state index in [4.69, 9.17) is 5.11 Å². The van der Waals surface area contributed by atoms with Crippen LogP contribution in [0.1, 0.15) is 10.4 Å². The van der Waals surface area contributed by atoms with Gasteiger partial charge in [-0.05, 0) is 23.8 Å². The zero-order valence-corrected chi connectivity index (χ0v) is 12.8. The second-order valence-corrected chi connectivity index (χ2v) is 6.90. The molecule has 22 heavy (non-hydrogen) atoms. The molecule has 0 saturated heterocycles. The molecule has 0 amide bonds. The molecule has 116 valence electrons. The van der Waals surface area contributed by atoms with Gasteiger partial charge in [0.25, 0.3) is 0 Å². The highest BCUT2D eigenvalue weighted by molar-refractivity contribution is 7.89. The number of hydrogen-bond acceptors (Lipinski definition) is 3. The van der Waals surface area contributed by atoms with E-state index in [9.17, 15) is 17.6 Å². The van der Waals surface area contributed by atoms with Crippen molar-refractivity contribution in [3.63, 3.8) is 0 Å². The highest BCUT2D eigenvalue weighted by atomic mass is 32.2. The summed E-state index contributed by atoms with van der Waals surface area (Å²) >= 11 is 0. The molecule has 5 nitrogen and oxygen atoms in total. The van der Waals surface area contributed by atoms with E-state index in [1.54, 1.807) is 18.2 Å². The second kappa shape index (κ2) is 5.86. The Morgan fingerprint density at radius 2 is 1.77 bits per heavy atom. The quantitative estimate of drug-likeness (QED) is 0.938. The molecule has 0 unspecified atom stereocenters. The van der Waals surface area contributed by atoms with Crippen molar-refractivity contribution in [2.45, 2.75) is 4.90 Å². The molecule has 0 aromatic heterocycles. The van der Waals surface area contributed by atoms with E-state index < -0.39 is 27.4 Å². The normalized spacial score (nSPS) is 11.6. The molecule has 0 spiro atoms. The van der Waals surface area contributed by atoms with Crippen LogP contribution in [0.2, 0.25) is 0 Å². The molecule has 0 saturated carbocycles. The van der Waals surface area contributed by atoms with Gasteiger partial charge in [-0.3, -0.25) is 0 Å². The van der Waals surface area contributed by atoms with E-state index in [1.165, 1.54) is 26.2 Å². The van der Waals surface area contributed by atoms with E-state index in [0.717, 1.165) is 16.4 Å². The number of aromatic carboxylic acids is 1. The summed E-state index contributed by atoms with van der Waals surface area (Å²) in [7, 11) is -0.894. The van der Waals surface area contributed by atoms with Gasteiger partial charge in [-0.1, -0.05) is 24.3 Å². The number of rotatable bonds is 4. The van der Waals surface area contributed by atoms with Gasteiger partial charge < -0.3 is 5.11 Å². The average molecular weight is 323 g/mol. The van der Waals surface area contributed by atoms with Crippen molar-refractivity contribution < 1.29 is 22.7 Å². The van der Waals surface area contributed by atoms with Crippen LogP contribution in [0, 0.1) is 5.82 Å². The van der Waals surface area contributed by atoms with E-state index in [2.05, 4.69) is 0 Å². The van der Waals surface area contributed by atoms with E-state index in [-0.39, 0.29) is 4.90 Å². The molecule has 0 bridgehead atoms. The number of carboxylic acid groups (broad SMARTS) is 1. The molecule has 0 fully saturated rings. The maximum Gasteiger partial charge on any atom is 0.338 e. The summed E-state index contributed by atoms with van der Waals surface area (Å²) in [5.41, 5.74) is 0.146. The number of halogens is 1. The molecule has 0 aliphatic heterocycles. The fraction of sp³-hybridized carbons (Fsp3) is 0.133.